The summed E-state index contributed by atoms with van der Waals surface area (Å²) in [7, 11) is 0. The largest absolute Gasteiger partial charge is 0.494 e. The molecular formula is C27H32ClF3N2O3. The summed E-state index contributed by atoms with van der Waals surface area (Å²) < 4.78 is 46.8. The number of carbonyl (C=O) groups excluding carboxylic acids is 2. The molecule has 2 aromatic carbocycles. The Labute approximate surface area is 215 Å². The second-order valence-electron chi connectivity index (χ2n) is 9.00. The summed E-state index contributed by atoms with van der Waals surface area (Å²) in [5.74, 6) is -2.23. The van der Waals surface area contributed by atoms with Gasteiger partial charge >= 0.3 is 6.18 Å². The fourth-order valence-electron chi connectivity index (χ4n) is 4.49. The molecule has 0 saturated carbocycles. The second-order valence-corrected chi connectivity index (χ2v) is 9.41. The molecule has 0 unspecified atom stereocenters. The van der Waals surface area contributed by atoms with E-state index in [1.807, 2.05) is 6.92 Å². The third-order valence-electron chi connectivity index (χ3n) is 6.43. The number of ether oxygens (including phenoxy) is 1. The molecule has 1 aliphatic heterocycles. The lowest BCUT2D eigenvalue weighted by Crippen LogP contribution is -2.44. The molecule has 0 aliphatic carbocycles. The Balaban J connectivity index is 1.39. The monoisotopic (exact) mass is 524 g/mol. The van der Waals surface area contributed by atoms with Gasteiger partial charge in [0.1, 0.15) is 5.75 Å². The number of hydrogen-bond acceptors (Lipinski definition) is 3. The summed E-state index contributed by atoms with van der Waals surface area (Å²) in [6.07, 6.45) is -0.561. The van der Waals surface area contributed by atoms with E-state index in [9.17, 15) is 22.8 Å². The van der Waals surface area contributed by atoms with Crippen molar-refractivity contribution in [1.82, 2.24) is 10.2 Å². The summed E-state index contributed by atoms with van der Waals surface area (Å²) in [5, 5.41) is 3.04. The van der Waals surface area contributed by atoms with Crippen LogP contribution in [0.1, 0.15) is 60.9 Å². The van der Waals surface area contributed by atoms with Gasteiger partial charge in [0.05, 0.1) is 17.2 Å². The van der Waals surface area contributed by atoms with Gasteiger partial charge in [-0.15, -0.1) is 0 Å². The van der Waals surface area contributed by atoms with Crippen molar-refractivity contribution in [1.29, 1.82) is 0 Å². The Morgan fingerprint density at radius 3 is 2.42 bits per heavy atom. The molecule has 1 aliphatic rings. The van der Waals surface area contributed by atoms with Crippen LogP contribution < -0.4 is 10.1 Å². The summed E-state index contributed by atoms with van der Waals surface area (Å²) in [5.41, 5.74) is 0.387. The van der Waals surface area contributed by atoms with E-state index in [0.717, 1.165) is 19.3 Å². The molecule has 1 atom stereocenters. The fourth-order valence-corrected chi connectivity index (χ4v) is 4.75. The van der Waals surface area contributed by atoms with Gasteiger partial charge in [-0.05, 0) is 62.3 Å². The highest BCUT2D eigenvalue weighted by atomic mass is 35.5. The summed E-state index contributed by atoms with van der Waals surface area (Å²) in [6, 6.07) is 12.4. The van der Waals surface area contributed by atoms with Crippen LogP contribution in [0, 0.1) is 5.92 Å². The molecule has 36 heavy (non-hydrogen) atoms. The van der Waals surface area contributed by atoms with Gasteiger partial charge in [-0.25, -0.2) is 0 Å². The van der Waals surface area contributed by atoms with Crippen molar-refractivity contribution in [3.8, 4) is 5.75 Å². The van der Waals surface area contributed by atoms with Gasteiger partial charge in [0.25, 0.3) is 5.91 Å². The quantitative estimate of drug-likeness (QED) is 0.375. The Hall–Kier alpha value is -2.74. The molecular weight excluding hydrogens is 493 g/mol. The topological polar surface area (TPSA) is 58.6 Å². The average molecular weight is 525 g/mol. The predicted molar refractivity (Wildman–Crippen MR) is 133 cm³/mol. The van der Waals surface area contributed by atoms with Gasteiger partial charge in [-0.1, -0.05) is 48.4 Å². The van der Waals surface area contributed by atoms with E-state index in [1.165, 1.54) is 29.2 Å². The van der Waals surface area contributed by atoms with E-state index in [1.54, 1.807) is 24.3 Å². The van der Waals surface area contributed by atoms with Gasteiger partial charge in [-0.3, -0.25) is 9.59 Å². The first-order valence-electron chi connectivity index (χ1n) is 12.3. The number of hydrogen-bond donors (Lipinski definition) is 1. The van der Waals surface area contributed by atoms with Crippen molar-refractivity contribution >= 4 is 23.4 Å². The molecule has 0 radical (unpaired) electrons. The van der Waals surface area contributed by atoms with E-state index in [4.69, 9.17) is 16.3 Å². The summed E-state index contributed by atoms with van der Waals surface area (Å²) in [6.45, 7) is 3.54. The van der Waals surface area contributed by atoms with Gasteiger partial charge < -0.3 is 15.0 Å². The molecule has 3 rings (SSSR count). The summed E-state index contributed by atoms with van der Waals surface area (Å²) in [4.78, 5) is 26.0. The molecule has 2 aromatic rings. The molecule has 1 fully saturated rings. The van der Waals surface area contributed by atoms with Gasteiger partial charge in [-0.2, -0.15) is 13.2 Å². The van der Waals surface area contributed by atoms with Crippen molar-refractivity contribution in [2.24, 2.45) is 5.92 Å². The average Bonchev–Trinajstić information content (AvgIpc) is 2.84. The zero-order chi connectivity index (χ0) is 26.1. The van der Waals surface area contributed by atoms with Crippen LogP contribution in [0.25, 0.3) is 0 Å². The maximum absolute atomic E-state index is 13.7. The van der Waals surface area contributed by atoms with E-state index in [0.29, 0.717) is 61.3 Å². The number of likely N-dealkylation sites (tertiary alicyclic amines) is 1. The number of alkyl halides is 3. The smallest absolute Gasteiger partial charge is 0.404 e. The number of nitrogens with zero attached hydrogens (tertiary/aromatic N) is 1. The lowest BCUT2D eigenvalue weighted by atomic mass is 9.90. The Morgan fingerprint density at radius 1 is 1.11 bits per heavy atom. The molecule has 2 amide bonds. The lowest BCUT2D eigenvalue weighted by molar-refractivity contribution is -0.172. The van der Waals surface area contributed by atoms with Crippen molar-refractivity contribution < 1.29 is 27.5 Å². The van der Waals surface area contributed by atoms with Crippen LogP contribution in [-0.4, -0.2) is 49.1 Å². The minimum atomic E-state index is -4.62. The molecule has 1 saturated heterocycles. The number of piperidine rings is 1. The van der Waals surface area contributed by atoms with Crippen LogP contribution in [0.15, 0.2) is 48.5 Å². The second kappa shape index (κ2) is 13.0. The molecule has 196 valence electrons. The van der Waals surface area contributed by atoms with Crippen molar-refractivity contribution in [3.63, 3.8) is 0 Å². The first-order chi connectivity index (χ1) is 17.2. The van der Waals surface area contributed by atoms with Crippen LogP contribution in [0.4, 0.5) is 13.2 Å². The van der Waals surface area contributed by atoms with Crippen LogP contribution in [0.5, 0.6) is 5.75 Å². The number of carbonyl (C=O) groups is 2. The van der Waals surface area contributed by atoms with E-state index < -0.39 is 18.0 Å². The van der Waals surface area contributed by atoms with Gasteiger partial charge in [0.2, 0.25) is 5.91 Å². The van der Waals surface area contributed by atoms with Crippen LogP contribution in [-0.2, 0) is 4.79 Å². The van der Waals surface area contributed by atoms with Crippen molar-refractivity contribution in [3.05, 3.63) is 64.7 Å². The minimum Gasteiger partial charge on any atom is -0.494 e. The number of nitrogens with one attached hydrogen (secondary N) is 1. The molecule has 0 bridgehead atoms. The first kappa shape index (κ1) is 27.8. The Morgan fingerprint density at radius 2 is 1.81 bits per heavy atom. The highest BCUT2D eigenvalue weighted by Crippen LogP contribution is 2.37. The van der Waals surface area contributed by atoms with Crippen LogP contribution in [0.2, 0.25) is 5.02 Å². The normalized spacial score (nSPS) is 15.4. The highest BCUT2D eigenvalue weighted by Gasteiger charge is 2.47. The summed E-state index contributed by atoms with van der Waals surface area (Å²) >= 11 is 6.18. The predicted octanol–water partition coefficient (Wildman–Crippen LogP) is 6.22. The number of amides is 2. The lowest BCUT2D eigenvalue weighted by Gasteiger charge is -2.35. The molecule has 0 aromatic heterocycles. The molecule has 0 spiro atoms. The fraction of sp³-hybridized carbons (Fsp3) is 0.481. The molecule has 1 heterocycles. The minimum absolute atomic E-state index is 0.0164. The SMILES string of the molecule is CCNC(=O)c1ccc(OCCCCC2CCN(C(=O)[C@H](c3ccccc3)C(F)(F)F)CC2)cc1Cl. The van der Waals surface area contributed by atoms with Crippen molar-refractivity contribution in [2.45, 2.75) is 51.1 Å². The Bertz CT molecular complexity index is 1010. The number of unbranched alkanes of at least 4 members (excludes halogenated alkanes) is 1. The van der Waals surface area contributed by atoms with Crippen LogP contribution in [0.3, 0.4) is 0 Å². The zero-order valence-electron chi connectivity index (χ0n) is 20.3. The highest BCUT2D eigenvalue weighted by molar-refractivity contribution is 6.34. The molecule has 1 N–H and O–H groups in total. The number of halogens is 4. The molecule has 5 nitrogen and oxygen atoms in total. The van der Waals surface area contributed by atoms with Crippen LogP contribution >= 0.6 is 11.6 Å². The van der Waals surface area contributed by atoms with Crippen molar-refractivity contribution in [2.75, 3.05) is 26.2 Å². The van der Waals surface area contributed by atoms with E-state index in [2.05, 4.69) is 5.32 Å². The third-order valence-corrected chi connectivity index (χ3v) is 6.74. The van der Waals surface area contributed by atoms with E-state index in [-0.39, 0.29) is 11.5 Å². The molecule has 9 heteroatoms. The standard InChI is InChI=1S/C27H32ClF3N2O3/c1-2-32-25(34)22-12-11-21(18-23(22)28)36-17-7-6-8-19-13-15-33(16-14-19)26(35)24(27(29,30)31)20-9-4-3-5-10-20/h3-5,9-12,18-19,24H,2,6-8,13-17H2,1H3,(H,32,34)/t24-/m0/s1. The Kier molecular flexibility index (Phi) is 10.0. The van der Waals surface area contributed by atoms with Gasteiger partial charge in [0.15, 0.2) is 5.92 Å². The number of benzene rings is 2. The maximum atomic E-state index is 13.7. The van der Waals surface area contributed by atoms with E-state index >= 15 is 0 Å². The number of rotatable bonds is 10. The first-order valence-corrected chi connectivity index (χ1v) is 12.7. The maximum Gasteiger partial charge on any atom is 0.404 e. The zero-order valence-corrected chi connectivity index (χ0v) is 21.1. The third kappa shape index (κ3) is 7.63. The van der Waals surface area contributed by atoms with Gasteiger partial charge in [0, 0.05) is 19.6 Å².